The number of aromatic nitrogens is 1. The minimum atomic E-state index is -3.64. The Morgan fingerprint density at radius 2 is 2.00 bits per heavy atom. The van der Waals surface area contributed by atoms with Gasteiger partial charge in [-0.25, -0.2) is 17.5 Å². The molecule has 2 heterocycles. The highest BCUT2D eigenvalue weighted by Crippen LogP contribution is 2.16. The zero-order chi connectivity index (χ0) is 18.1. The van der Waals surface area contributed by atoms with Crippen molar-refractivity contribution in [2.45, 2.75) is 11.4 Å². The number of hydrogen-bond acceptors (Lipinski definition) is 5. The van der Waals surface area contributed by atoms with E-state index >= 15 is 0 Å². The summed E-state index contributed by atoms with van der Waals surface area (Å²) in [6.07, 6.45) is 1.35. The molecule has 2 aromatic rings. The summed E-state index contributed by atoms with van der Waals surface area (Å²) < 4.78 is 31.6. The quantitative estimate of drug-likeness (QED) is 0.778. The average molecular weight is 355 g/mol. The molecule has 0 fully saturated rings. The van der Waals surface area contributed by atoms with E-state index in [0.717, 1.165) is 4.31 Å². The Morgan fingerprint density at radius 1 is 1.33 bits per heavy atom. The molecule has 0 radical (unpaired) electrons. The number of sulfonamides is 1. The van der Waals surface area contributed by atoms with Gasteiger partial charge in [0.05, 0.1) is 6.54 Å². The van der Waals surface area contributed by atoms with Gasteiger partial charge in [-0.05, 0) is 18.2 Å². The maximum Gasteiger partial charge on any atom is 0.371 e. The van der Waals surface area contributed by atoms with E-state index in [-0.39, 0.29) is 28.7 Å². The molecule has 2 aromatic heterocycles. The minimum Gasteiger partial charge on any atom is -0.475 e. The third-order valence-electron chi connectivity index (χ3n) is 3.29. The van der Waals surface area contributed by atoms with Gasteiger partial charge in [0.1, 0.15) is 16.3 Å². The summed E-state index contributed by atoms with van der Waals surface area (Å²) in [5.74, 6) is -1.66. The molecule has 24 heavy (non-hydrogen) atoms. The number of hydrogen-bond donors (Lipinski definition) is 2. The molecule has 0 spiro atoms. The van der Waals surface area contributed by atoms with Gasteiger partial charge in [-0.2, -0.15) is 0 Å². The third kappa shape index (κ3) is 3.49. The Balaban J connectivity index is 2.13. The normalized spacial score (nSPS) is 11.7. The number of nitrogens with zero attached hydrogens (tertiary/aromatic N) is 2. The fourth-order valence-electron chi connectivity index (χ4n) is 1.96. The third-order valence-corrected chi connectivity index (χ3v) is 5.07. The van der Waals surface area contributed by atoms with E-state index in [2.05, 4.69) is 5.32 Å². The summed E-state index contributed by atoms with van der Waals surface area (Å²) in [6, 6.07) is 4.00. The molecule has 0 aliphatic carbocycles. The minimum absolute atomic E-state index is 0.00584. The van der Waals surface area contributed by atoms with Crippen LogP contribution in [0.5, 0.6) is 0 Å². The van der Waals surface area contributed by atoms with Crippen LogP contribution in [0.25, 0.3) is 0 Å². The zero-order valence-corrected chi connectivity index (χ0v) is 14.1. The number of furan rings is 1. The monoisotopic (exact) mass is 355 g/mol. The van der Waals surface area contributed by atoms with Gasteiger partial charge in [-0.15, -0.1) is 0 Å². The molecule has 0 unspecified atom stereocenters. The van der Waals surface area contributed by atoms with Crippen LogP contribution in [-0.4, -0.2) is 48.4 Å². The van der Waals surface area contributed by atoms with Crippen LogP contribution in [0.3, 0.4) is 0 Å². The van der Waals surface area contributed by atoms with Crippen molar-refractivity contribution in [1.82, 2.24) is 14.2 Å². The molecule has 0 atom stereocenters. The molecule has 0 bridgehead atoms. The molecule has 10 heteroatoms. The van der Waals surface area contributed by atoms with Gasteiger partial charge in [-0.3, -0.25) is 4.79 Å². The number of aryl methyl sites for hydroxylation is 1. The smallest absolute Gasteiger partial charge is 0.371 e. The van der Waals surface area contributed by atoms with E-state index in [4.69, 9.17) is 9.52 Å². The summed E-state index contributed by atoms with van der Waals surface area (Å²) in [6.45, 7) is -0.0208. The first-order valence-corrected chi connectivity index (χ1v) is 8.26. The molecule has 0 aromatic carbocycles. The molecule has 2 rings (SSSR count). The van der Waals surface area contributed by atoms with Crippen molar-refractivity contribution < 1.29 is 27.5 Å². The number of aromatic carboxylic acids is 1. The molecule has 2 N–H and O–H groups in total. The fraction of sp³-hybridized carbons (Fsp3) is 0.286. The highest BCUT2D eigenvalue weighted by Gasteiger charge is 2.22. The number of nitrogens with one attached hydrogen (secondary N) is 1. The van der Waals surface area contributed by atoms with Crippen molar-refractivity contribution in [2.75, 3.05) is 14.1 Å². The number of amides is 1. The van der Waals surface area contributed by atoms with Gasteiger partial charge < -0.3 is 19.4 Å². The summed E-state index contributed by atoms with van der Waals surface area (Å²) in [7, 11) is 0.722. The summed E-state index contributed by atoms with van der Waals surface area (Å²) in [5.41, 5.74) is 0.153. The van der Waals surface area contributed by atoms with Crippen molar-refractivity contribution >= 4 is 21.9 Å². The maximum absolute atomic E-state index is 12.2. The van der Waals surface area contributed by atoms with Gasteiger partial charge in [-0.1, -0.05) is 0 Å². The number of rotatable bonds is 6. The summed E-state index contributed by atoms with van der Waals surface area (Å²) >= 11 is 0. The Hall–Kier alpha value is -2.59. The van der Waals surface area contributed by atoms with Crippen LogP contribution in [0.15, 0.2) is 33.7 Å². The number of carbonyl (C=O) groups is 2. The topological polar surface area (TPSA) is 122 Å². The van der Waals surface area contributed by atoms with Crippen LogP contribution in [0, 0.1) is 0 Å². The van der Waals surface area contributed by atoms with Gasteiger partial charge in [0.2, 0.25) is 15.8 Å². The largest absolute Gasteiger partial charge is 0.475 e. The Kier molecular flexibility index (Phi) is 4.81. The molecule has 0 saturated carbocycles. The van der Waals surface area contributed by atoms with Gasteiger partial charge in [0.25, 0.3) is 5.91 Å². The molecule has 130 valence electrons. The second kappa shape index (κ2) is 6.49. The van der Waals surface area contributed by atoms with E-state index in [0.29, 0.717) is 0 Å². The lowest BCUT2D eigenvalue weighted by Crippen LogP contribution is -2.24. The number of carbonyl (C=O) groups excluding carboxylic acids is 1. The van der Waals surface area contributed by atoms with Gasteiger partial charge in [0.15, 0.2) is 0 Å². The maximum atomic E-state index is 12.2. The fourth-order valence-corrected chi connectivity index (χ4v) is 2.93. The highest BCUT2D eigenvalue weighted by atomic mass is 32.2. The standard InChI is InChI=1S/C14H17N3O6S/c1-16(2)24(21,22)10-6-11(17(3)8-10)13(18)15-7-9-4-5-12(23-9)14(19)20/h4-6,8H,7H2,1-3H3,(H,15,18)(H,19,20). The van der Waals surface area contributed by atoms with Gasteiger partial charge in [0, 0.05) is 27.3 Å². The van der Waals surface area contributed by atoms with Crippen molar-refractivity contribution in [2.24, 2.45) is 7.05 Å². The van der Waals surface area contributed by atoms with Crippen LogP contribution >= 0.6 is 0 Å². The lowest BCUT2D eigenvalue weighted by molar-refractivity contribution is 0.0660. The molecular weight excluding hydrogens is 338 g/mol. The van der Waals surface area contributed by atoms with E-state index in [1.807, 2.05) is 0 Å². The van der Waals surface area contributed by atoms with Crippen LogP contribution in [0.1, 0.15) is 26.8 Å². The van der Waals surface area contributed by atoms with Crippen LogP contribution in [0.4, 0.5) is 0 Å². The predicted molar refractivity (Wildman–Crippen MR) is 83.1 cm³/mol. The molecule has 0 aliphatic rings. The second-order valence-electron chi connectivity index (χ2n) is 5.21. The van der Waals surface area contributed by atoms with Crippen molar-refractivity contribution in [3.8, 4) is 0 Å². The molecule has 0 aliphatic heterocycles. The lowest BCUT2D eigenvalue weighted by atomic mass is 10.3. The van der Waals surface area contributed by atoms with Crippen molar-refractivity contribution in [3.63, 3.8) is 0 Å². The Morgan fingerprint density at radius 3 is 2.54 bits per heavy atom. The molecule has 0 saturated heterocycles. The van der Waals surface area contributed by atoms with Crippen molar-refractivity contribution in [3.05, 3.63) is 41.6 Å². The zero-order valence-electron chi connectivity index (χ0n) is 13.3. The van der Waals surface area contributed by atoms with Crippen LogP contribution in [-0.2, 0) is 23.6 Å². The van der Waals surface area contributed by atoms with Crippen molar-refractivity contribution in [1.29, 1.82) is 0 Å². The SMILES string of the molecule is CN(C)S(=O)(=O)c1cc(C(=O)NCc2ccc(C(=O)O)o2)n(C)c1. The second-order valence-corrected chi connectivity index (χ2v) is 7.37. The summed E-state index contributed by atoms with van der Waals surface area (Å²) in [5, 5.41) is 11.3. The van der Waals surface area contributed by atoms with E-state index < -0.39 is 21.9 Å². The van der Waals surface area contributed by atoms with Gasteiger partial charge >= 0.3 is 5.97 Å². The van der Waals surface area contributed by atoms with Crippen LogP contribution in [0.2, 0.25) is 0 Å². The van der Waals surface area contributed by atoms with E-state index in [9.17, 15) is 18.0 Å². The molecule has 9 nitrogen and oxygen atoms in total. The first-order chi connectivity index (χ1) is 11.1. The lowest BCUT2D eigenvalue weighted by Gasteiger charge is -2.08. The Bertz CT molecular complexity index is 878. The summed E-state index contributed by atoms with van der Waals surface area (Å²) in [4.78, 5) is 22.9. The average Bonchev–Trinajstić information content (AvgIpc) is 3.11. The molecular formula is C14H17N3O6S. The first kappa shape index (κ1) is 17.8. The predicted octanol–water partition coefficient (Wildman–Crippen LogP) is 0.497. The highest BCUT2D eigenvalue weighted by molar-refractivity contribution is 7.89. The first-order valence-electron chi connectivity index (χ1n) is 6.82. The van der Waals surface area contributed by atoms with E-state index in [1.54, 1.807) is 7.05 Å². The number of carboxylic acid groups (broad SMARTS) is 1. The Labute approximate surface area is 138 Å². The number of carboxylic acids is 1. The van der Waals surface area contributed by atoms with E-state index in [1.165, 1.54) is 43.1 Å². The van der Waals surface area contributed by atoms with Crippen LogP contribution < -0.4 is 5.32 Å². The molecule has 1 amide bonds.